The second-order valence-electron chi connectivity index (χ2n) is 7.15. The third-order valence-corrected chi connectivity index (χ3v) is 5.20. The van der Waals surface area contributed by atoms with Crippen LogP contribution in [0.5, 0.6) is 0 Å². The van der Waals surface area contributed by atoms with Crippen molar-refractivity contribution in [2.24, 2.45) is 0 Å². The summed E-state index contributed by atoms with van der Waals surface area (Å²) in [7, 11) is 0. The van der Waals surface area contributed by atoms with Crippen LogP contribution in [-0.4, -0.2) is 30.3 Å². The minimum absolute atomic E-state index is 0.0500. The molecule has 3 aromatic carbocycles. The number of hydrogen-bond donors (Lipinski definition) is 1. The van der Waals surface area contributed by atoms with Crippen LogP contribution in [0.4, 0.5) is 11.4 Å². The lowest BCUT2D eigenvalue weighted by molar-refractivity contribution is -0.119. The summed E-state index contributed by atoms with van der Waals surface area (Å²) in [5.41, 5.74) is 2.16. The molecule has 1 aliphatic rings. The van der Waals surface area contributed by atoms with Gasteiger partial charge in [-0.3, -0.25) is 14.4 Å². The van der Waals surface area contributed by atoms with Gasteiger partial charge in [0.05, 0.1) is 27.4 Å². The summed E-state index contributed by atoms with van der Waals surface area (Å²) < 4.78 is 5.06. The maximum atomic E-state index is 12.9. The van der Waals surface area contributed by atoms with E-state index in [4.69, 9.17) is 16.3 Å². The molecule has 1 N–H and O–H groups in total. The second-order valence-corrected chi connectivity index (χ2v) is 7.56. The van der Waals surface area contributed by atoms with Crippen molar-refractivity contribution in [1.82, 2.24) is 0 Å². The van der Waals surface area contributed by atoms with Crippen LogP contribution < -0.4 is 10.2 Å². The molecule has 0 atom stereocenters. The van der Waals surface area contributed by atoms with E-state index >= 15 is 0 Å². The second kappa shape index (κ2) is 8.64. The van der Waals surface area contributed by atoms with Crippen LogP contribution in [0.25, 0.3) is 0 Å². The third kappa shape index (κ3) is 4.10. The van der Waals surface area contributed by atoms with Gasteiger partial charge in [-0.05, 0) is 49.4 Å². The van der Waals surface area contributed by atoms with Gasteiger partial charge >= 0.3 is 5.97 Å². The topological polar surface area (TPSA) is 92.8 Å². The number of para-hydroxylation sites is 1. The van der Waals surface area contributed by atoms with Crippen molar-refractivity contribution < 1.29 is 23.9 Å². The van der Waals surface area contributed by atoms with Crippen molar-refractivity contribution in [3.8, 4) is 0 Å². The summed E-state index contributed by atoms with van der Waals surface area (Å²) in [4.78, 5) is 51.0. The van der Waals surface area contributed by atoms with Crippen molar-refractivity contribution in [2.45, 2.75) is 6.92 Å². The van der Waals surface area contributed by atoms with Crippen molar-refractivity contribution in [3.63, 3.8) is 0 Å². The monoisotopic (exact) mass is 448 g/mol. The fraction of sp³-hybridized carbons (Fsp3) is 0.0833. The number of imide groups is 1. The molecule has 0 unspecified atom stereocenters. The maximum Gasteiger partial charge on any atom is 0.338 e. The minimum Gasteiger partial charge on any atom is -0.452 e. The van der Waals surface area contributed by atoms with E-state index in [0.29, 0.717) is 5.69 Å². The van der Waals surface area contributed by atoms with Crippen LogP contribution in [0.2, 0.25) is 5.02 Å². The van der Waals surface area contributed by atoms with E-state index in [0.717, 1.165) is 10.5 Å². The fourth-order valence-corrected chi connectivity index (χ4v) is 3.49. The van der Waals surface area contributed by atoms with E-state index in [1.807, 2.05) is 19.1 Å². The molecule has 0 bridgehead atoms. The number of carbonyl (C=O) groups is 4. The number of rotatable bonds is 5. The molecule has 0 fully saturated rings. The van der Waals surface area contributed by atoms with Gasteiger partial charge in [0, 0.05) is 5.69 Å². The van der Waals surface area contributed by atoms with E-state index in [2.05, 4.69) is 5.32 Å². The van der Waals surface area contributed by atoms with Crippen LogP contribution in [0.1, 0.15) is 36.6 Å². The average Bonchev–Trinajstić information content (AvgIpc) is 3.03. The lowest BCUT2D eigenvalue weighted by Crippen LogP contribution is -2.29. The van der Waals surface area contributed by atoms with Crippen LogP contribution in [-0.2, 0) is 9.53 Å². The molecule has 1 heterocycles. The normalized spacial score (nSPS) is 12.5. The summed E-state index contributed by atoms with van der Waals surface area (Å²) in [5, 5.41) is 2.88. The molecule has 8 heteroatoms. The highest BCUT2D eigenvalue weighted by molar-refractivity contribution is 6.39. The summed E-state index contributed by atoms with van der Waals surface area (Å²) >= 11 is 6.14. The molecule has 1 aliphatic heterocycles. The highest BCUT2D eigenvalue weighted by Crippen LogP contribution is 2.33. The number of hydrogen-bond acceptors (Lipinski definition) is 5. The molecule has 0 radical (unpaired) electrons. The van der Waals surface area contributed by atoms with Gasteiger partial charge < -0.3 is 10.1 Å². The number of benzene rings is 3. The van der Waals surface area contributed by atoms with Gasteiger partial charge in [0.1, 0.15) is 0 Å². The van der Waals surface area contributed by atoms with E-state index in [1.54, 1.807) is 36.4 Å². The zero-order valence-corrected chi connectivity index (χ0v) is 17.7. The number of anilines is 2. The van der Waals surface area contributed by atoms with Crippen molar-refractivity contribution in [1.29, 1.82) is 0 Å². The van der Waals surface area contributed by atoms with Crippen molar-refractivity contribution >= 4 is 46.7 Å². The molecule has 7 nitrogen and oxygen atoms in total. The first-order valence-corrected chi connectivity index (χ1v) is 10.0. The van der Waals surface area contributed by atoms with Crippen LogP contribution >= 0.6 is 11.6 Å². The molecule has 0 saturated heterocycles. The molecule has 0 aromatic heterocycles. The Labute approximate surface area is 188 Å². The zero-order chi connectivity index (χ0) is 22.8. The number of nitrogens with one attached hydrogen (secondary N) is 1. The Bertz CT molecular complexity index is 1250. The number of esters is 1. The quantitative estimate of drug-likeness (QED) is 0.465. The predicted octanol–water partition coefficient (Wildman–Crippen LogP) is 4.24. The van der Waals surface area contributed by atoms with E-state index in [1.165, 1.54) is 18.2 Å². The standard InChI is InChI=1S/C24H17ClN2O5/c1-14-6-9-16(10-7-14)26-21(28)13-32-24(31)15-8-11-17-18(12-15)23(30)27(22(17)29)20-5-3-2-4-19(20)25/h2-12H,13H2,1H3,(H,26,28). The Morgan fingerprint density at radius 1 is 0.938 bits per heavy atom. The van der Waals surface area contributed by atoms with Gasteiger partial charge in [0.25, 0.3) is 17.7 Å². The van der Waals surface area contributed by atoms with E-state index in [9.17, 15) is 19.2 Å². The number of fused-ring (bicyclic) bond motifs is 1. The van der Waals surface area contributed by atoms with Crippen molar-refractivity contribution in [3.05, 3.63) is 94.0 Å². The lowest BCUT2D eigenvalue weighted by Gasteiger charge is -2.15. The molecule has 3 aromatic rings. The molecule has 32 heavy (non-hydrogen) atoms. The molecule has 0 aliphatic carbocycles. The fourth-order valence-electron chi connectivity index (χ4n) is 3.27. The maximum absolute atomic E-state index is 12.9. The SMILES string of the molecule is Cc1ccc(NC(=O)COC(=O)c2ccc3c(c2)C(=O)N(c2ccccc2Cl)C3=O)cc1. The van der Waals surface area contributed by atoms with E-state index in [-0.39, 0.29) is 27.4 Å². The van der Waals surface area contributed by atoms with Gasteiger partial charge in [0.2, 0.25) is 0 Å². The first-order chi connectivity index (χ1) is 15.3. The summed E-state index contributed by atoms with van der Waals surface area (Å²) in [6, 6.07) is 17.7. The smallest absolute Gasteiger partial charge is 0.338 e. The van der Waals surface area contributed by atoms with Crippen LogP contribution in [0.15, 0.2) is 66.7 Å². The number of nitrogens with zero attached hydrogens (tertiary/aromatic N) is 1. The minimum atomic E-state index is -0.789. The van der Waals surface area contributed by atoms with Crippen molar-refractivity contribution in [2.75, 3.05) is 16.8 Å². The third-order valence-electron chi connectivity index (χ3n) is 4.89. The molecule has 0 saturated carbocycles. The number of carbonyl (C=O) groups excluding carboxylic acids is 4. The molecular formula is C24H17ClN2O5. The summed E-state index contributed by atoms with van der Waals surface area (Å²) in [5.74, 6) is -2.41. The Balaban J connectivity index is 1.46. The number of halogens is 1. The van der Waals surface area contributed by atoms with Crippen LogP contribution in [0.3, 0.4) is 0 Å². The van der Waals surface area contributed by atoms with E-state index < -0.39 is 30.3 Å². The number of aryl methyl sites for hydroxylation is 1. The molecule has 160 valence electrons. The summed E-state index contributed by atoms with van der Waals surface area (Å²) in [6.07, 6.45) is 0. The highest BCUT2D eigenvalue weighted by Gasteiger charge is 2.38. The molecule has 3 amide bonds. The van der Waals surface area contributed by atoms with Gasteiger partial charge in [-0.1, -0.05) is 41.4 Å². The van der Waals surface area contributed by atoms with Gasteiger partial charge in [-0.2, -0.15) is 0 Å². The van der Waals surface area contributed by atoms with Gasteiger partial charge in [-0.15, -0.1) is 0 Å². The Kier molecular flexibility index (Phi) is 5.75. The number of ether oxygens (including phenoxy) is 1. The average molecular weight is 449 g/mol. The molecule has 4 rings (SSSR count). The van der Waals surface area contributed by atoms with Gasteiger partial charge in [-0.25, -0.2) is 9.69 Å². The van der Waals surface area contributed by atoms with Gasteiger partial charge in [0.15, 0.2) is 6.61 Å². The first kappa shape index (κ1) is 21.3. The Morgan fingerprint density at radius 2 is 1.62 bits per heavy atom. The molecule has 0 spiro atoms. The summed E-state index contributed by atoms with van der Waals surface area (Å²) in [6.45, 7) is 1.43. The zero-order valence-electron chi connectivity index (χ0n) is 16.9. The Hall–Kier alpha value is -3.97. The number of amides is 3. The van der Waals surface area contributed by atoms with Crippen LogP contribution in [0, 0.1) is 6.92 Å². The predicted molar refractivity (Wildman–Crippen MR) is 119 cm³/mol. The lowest BCUT2D eigenvalue weighted by atomic mass is 10.1. The highest BCUT2D eigenvalue weighted by atomic mass is 35.5. The Morgan fingerprint density at radius 3 is 2.34 bits per heavy atom. The largest absolute Gasteiger partial charge is 0.452 e. The first-order valence-electron chi connectivity index (χ1n) is 9.66. The molecular weight excluding hydrogens is 432 g/mol.